The Balaban J connectivity index is 2.60. The van der Waals surface area contributed by atoms with Gasteiger partial charge < -0.3 is 15.2 Å². The maximum absolute atomic E-state index is 11.3. The van der Waals surface area contributed by atoms with E-state index in [1.807, 2.05) is 38.1 Å². The first-order chi connectivity index (χ1) is 8.48. The van der Waals surface area contributed by atoms with Gasteiger partial charge in [0.15, 0.2) is 0 Å². The van der Waals surface area contributed by atoms with Gasteiger partial charge in [-0.15, -0.1) is 0 Å². The molecule has 0 aromatic heterocycles. The monoisotopic (exact) mass is 251 g/mol. The van der Waals surface area contributed by atoms with Gasteiger partial charge >= 0.3 is 0 Å². The molecule has 0 bridgehead atoms. The van der Waals surface area contributed by atoms with E-state index in [0.717, 1.165) is 11.1 Å². The van der Waals surface area contributed by atoms with Crippen LogP contribution in [0.3, 0.4) is 0 Å². The van der Waals surface area contributed by atoms with Gasteiger partial charge in [0.25, 0.3) is 0 Å². The van der Waals surface area contributed by atoms with Gasteiger partial charge in [0.05, 0.1) is 25.2 Å². The molecule has 0 radical (unpaired) electrons. The quantitative estimate of drug-likeness (QED) is 0.749. The molecule has 1 amide bonds. The molecule has 0 saturated heterocycles. The normalized spacial score (nSPS) is 11.5. The molecule has 1 aromatic carbocycles. The third kappa shape index (κ3) is 3.82. The molecular formula is C14H21NO3. The lowest BCUT2D eigenvalue weighted by molar-refractivity contribution is -0.122. The molecule has 4 heteroatoms. The third-order valence-corrected chi connectivity index (χ3v) is 2.99. The molecule has 0 fully saturated rings. The van der Waals surface area contributed by atoms with Crippen LogP contribution in [0.1, 0.15) is 25.0 Å². The number of hydrogen-bond acceptors (Lipinski definition) is 3. The fraction of sp³-hybridized carbons (Fsp3) is 0.500. The topological polar surface area (TPSA) is 61.6 Å². The Hall–Kier alpha value is -1.39. The molecule has 1 aromatic rings. The fourth-order valence-electron chi connectivity index (χ4n) is 1.49. The smallest absolute Gasteiger partial charge is 0.227 e. The molecule has 1 rings (SSSR count). The van der Waals surface area contributed by atoms with Gasteiger partial charge in [-0.25, -0.2) is 0 Å². The predicted molar refractivity (Wildman–Crippen MR) is 70.2 cm³/mol. The van der Waals surface area contributed by atoms with Gasteiger partial charge in [-0.2, -0.15) is 0 Å². The SMILES string of the molecule is COCCOCc1ccc(C(C)(C)C(N)=O)cc1. The second kappa shape index (κ2) is 6.52. The Labute approximate surface area is 108 Å². The molecule has 0 aliphatic carbocycles. The highest BCUT2D eigenvalue weighted by Crippen LogP contribution is 2.23. The number of benzene rings is 1. The number of rotatable bonds is 7. The summed E-state index contributed by atoms with van der Waals surface area (Å²) in [4.78, 5) is 11.3. The number of nitrogens with two attached hydrogens (primary N) is 1. The van der Waals surface area contributed by atoms with Crippen molar-refractivity contribution in [1.82, 2.24) is 0 Å². The average molecular weight is 251 g/mol. The predicted octanol–water partition coefficient (Wildman–Crippen LogP) is 1.61. The average Bonchev–Trinajstić information content (AvgIpc) is 2.35. The van der Waals surface area contributed by atoms with E-state index in [1.54, 1.807) is 7.11 Å². The van der Waals surface area contributed by atoms with Crippen LogP contribution in [0.25, 0.3) is 0 Å². The Morgan fingerprint density at radius 1 is 1.22 bits per heavy atom. The summed E-state index contributed by atoms with van der Waals surface area (Å²) in [6.45, 7) is 5.34. The van der Waals surface area contributed by atoms with Gasteiger partial charge in [0.2, 0.25) is 5.91 Å². The molecule has 0 aliphatic rings. The maximum atomic E-state index is 11.3. The highest BCUT2D eigenvalue weighted by molar-refractivity contribution is 5.85. The molecule has 4 nitrogen and oxygen atoms in total. The molecule has 0 saturated carbocycles. The zero-order chi connectivity index (χ0) is 13.6. The summed E-state index contributed by atoms with van der Waals surface area (Å²) in [7, 11) is 1.64. The molecule has 2 N–H and O–H groups in total. The van der Waals surface area contributed by atoms with Gasteiger partial charge in [-0.3, -0.25) is 4.79 Å². The molecule has 0 unspecified atom stereocenters. The zero-order valence-electron chi connectivity index (χ0n) is 11.2. The minimum atomic E-state index is -0.643. The lowest BCUT2D eigenvalue weighted by atomic mass is 9.84. The highest BCUT2D eigenvalue weighted by atomic mass is 16.5. The Morgan fingerprint density at radius 2 is 1.83 bits per heavy atom. The number of ether oxygens (including phenoxy) is 2. The second-order valence-electron chi connectivity index (χ2n) is 4.73. The molecule has 0 atom stereocenters. The number of carbonyl (C=O) groups excluding carboxylic acids is 1. The van der Waals surface area contributed by atoms with Crippen LogP contribution in [-0.2, 0) is 26.3 Å². The van der Waals surface area contributed by atoms with E-state index in [4.69, 9.17) is 15.2 Å². The Morgan fingerprint density at radius 3 is 2.33 bits per heavy atom. The third-order valence-electron chi connectivity index (χ3n) is 2.99. The largest absolute Gasteiger partial charge is 0.382 e. The molecular weight excluding hydrogens is 230 g/mol. The fourth-order valence-corrected chi connectivity index (χ4v) is 1.49. The van der Waals surface area contributed by atoms with E-state index in [9.17, 15) is 4.79 Å². The lowest BCUT2D eigenvalue weighted by Crippen LogP contribution is -2.35. The van der Waals surface area contributed by atoms with Crippen molar-refractivity contribution in [2.45, 2.75) is 25.9 Å². The van der Waals surface area contributed by atoms with Gasteiger partial charge in [0.1, 0.15) is 0 Å². The molecule has 0 spiro atoms. The van der Waals surface area contributed by atoms with Gasteiger partial charge in [-0.05, 0) is 25.0 Å². The first-order valence-corrected chi connectivity index (χ1v) is 5.94. The van der Waals surface area contributed by atoms with Crippen molar-refractivity contribution >= 4 is 5.91 Å². The summed E-state index contributed by atoms with van der Waals surface area (Å²) >= 11 is 0. The van der Waals surface area contributed by atoms with Crippen molar-refractivity contribution < 1.29 is 14.3 Å². The van der Waals surface area contributed by atoms with Crippen LogP contribution in [-0.4, -0.2) is 26.2 Å². The summed E-state index contributed by atoms with van der Waals surface area (Å²) in [5.74, 6) is -0.327. The summed E-state index contributed by atoms with van der Waals surface area (Å²) in [6.07, 6.45) is 0. The first-order valence-electron chi connectivity index (χ1n) is 5.94. The first kappa shape index (κ1) is 14.7. The van der Waals surface area contributed by atoms with E-state index in [2.05, 4.69) is 0 Å². The standard InChI is InChI=1S/C14H21NO3/c1-14(2,13(15)16)12-6-4-11(5-7-12)10-18-9-8-17-3/h4-7H,8-10H2,1-3H3,(H2,15,16). The van der Waals surface area contributed by atoms with Crippen molar-refractivity contribution in [3.05, 3.63) is 35.4 Å². The summed E-state index contributed by atoms with van der Waals surface area (Å²) in [6, 6.07) is 7.74. The van der Waals surface area contributed by atoms with Crippen molar-refractivity contribution in [2.24, 2.45) is 5.73 Å². The van der Waals surface area contributed by atoms with Crippen molar-refractivity contribution in [2.75, 3.05) is 20.3 Å². The molecule has 18 heavy (non-hydrogen) atoms. The minimum Gasteiger partial charge on any atom is -0.382 e. The Bertz CT molecular complexity index is 385. The van der Waals surface area contributed by atoms with E-state index in [0.29, 0.717) is 19.8 Å². The van der Waals surface area contributed by atoms with Crippen LogP contribution in [0.4, 0.5) is 0 Å². The number of amides is 1. The number of primary amides is 1. The maximum Gasteiger partial charge on any atom is 0.227 e. The van der Waals surface area contributed by atoms with Crippen LogP contribution in [0.2, 0.25) is 0 Å². The Kier molecular flexibility index (Phi) is 5.31. The van der Waals surface area contributed by atoms with E-state index >= 15 is 0 Å². The van der Waals surface area contributed by atoms with Crippen molar-refractivity contribution in [3.63, 3.8) is 0 Å². The van der Waals surface area contributed by atoms with Crippen molar-refractivity contribution in [3.8, 4) is 0 Å². The molecule has 0 heterocycles. The lowest BCUT2D eigenvalue weighted by Gasteiger charge is -2.21. The molecule has 0 aliphatic heterocycles. The van der Waals surface area contributed by atoms with Crippen LogP contribution >= 0.6 is 0 Å². The number of methoxy groups -OCH3 is 1. The number of carbonyl (C=O) groups is 1. The zero-order valence-corrected chi connectivity index (χ0v) is 11.2. The summed E-state index contributed by atoms with van der Waals surface area (Å²) < 4.78 is 10.3. The highest BCUT2D eigenvalue weighted by Gasteiger charge is 2.26. The van der Waals surface area contributed by atoms with Crippen LogP contribution in [0, 0.1) is 0 Å². The van der Waals surface area contributed by atoms with Crippen molar-refractivity contribution in [1.29, 1.82) is 0 Å². The summed E-state index contributed by atoms with van der Waals surface area (Å²) in [5, 5.41) is 0. The van der Waals surface area contributed by atoms with E-state index in [-0.39, 0.29) is 5.91 Å². The van der Waals surface area contributed by atoms with E-state index < -0.39 is 5.41 Å². The van der Waals surface area contributed by atoms with Gasteiger partial charge in [-0.1, -0.05) is 24.3 Å². The van der Waals surface area contributed by atoms with E-state index in [1.165, 1.54) is 0 Å². The van der Waals surface area contributed by atoms with Crippen LogP contribution < -0.4 is 5.73 Å². The minimum absolute atomic E-state index is 0.327. The number of hydrogen-bond donors (Lipinski definition) is 1. The van der Waals surface area contributed by atoms with Crippen LogP contribution in [0.5, 0.6) is 0 Å². The van der Waals surface area contributed by atoms with Gasteiger partial charge in [0, 0.05) is 7.11 Å². The summed E-state index contributed by atoms with van der Waals surface area (Å²) in [5.41, 5.74) is 6.71. The second-order valence-corrected chi connectivity index (χ2v) is 4.73. The van der Waals surface area contributed by atoms with Crippen LogP contribution in [0.15, 0.2) is 24.3 Å². The molecule has 100 valence electrons.